The molecule has 114 valence electrons. The SMILES string of the molecule is CCNC(=O)c1ccc(N)cc1N1CCCCC1C(N)=O. The summed E-state index contributed by atoms with van der Waals surface area (Å²) in [6.45, 7) is 3.10. The summed E-state index contributed by atoms with van der Waals surface area (Å²) in [6.07, 6.45) is 2.63. The number of nitrogens with zero attached hydrogens (tertiary/aromatic N) is 1. The van der Waals surface area contributed by atoms with Crippen molar-refractivity contribution in [3.63, 3.8) is 0 Å². The largest absolute Gasteiger partial charge is 0.399 e. The average molecular weight is 290 g/mol. The van der Waals surface area contributed by atoms with Crippen LogP contribution in [0.1, 0.15) is 36.5 Å². The van der Waals surface area contributed by atoms with E-state index in [-0.39, 0.29) is 17.9 Å². The molecule has 1 aromatic carbocycles. The molecule has 2 amide bonds. The van der Waals surface area contributed by atoms with Gasteiger partial charge < -0.3 is 21.7 Å². The smallest absolute Gasteiger partial charge is 0.253 e. The maximum atomic E-state index is 12.2. The van der Waals surface area contributed by atoms with Crippen LogP contribution in [0.3, 0.4) is 0 Å². The molecular formula is C15H22N4O2. The second kappa shape index (κ2) is 6.47. The number of rotatable bonds is 4. The van der Waals surface area contributed by atoms with Crippen LogP contribution in [0.4, 0.5) is 11.4 Å². The Bertz CT molecular complexity index is 544. The molecule has 0 saturated carbocycles. The molecule has 1 aromatic rings. The molecule has 1 fully saturated rings. The topological polar surface area (TPSA) is 101 Å². The zero-order valence-corrected chi connectivity index (χ0v) is 12.3. The highest BCUT2D eigenvalue weighted by Gasteiger charge is 2.29. The van der Waals surface area contributed by atoms with Gasteiger partial charge in [0.2, 0.25) is 5.91 Å². The number of hydrogen-bond donors (Lipinski definition) is 3. The van der Waals surface area contributed by atoms with Gasteiger partial charge in [0, 0.05) is 18.8 Å². The van der Waals surface area contributed by atoms with Crippen LogP contribution in [0.5, 0.6) is 0 Å². The van der Waals surface area contributed by atoms with Crippen LogP contribution >= 0.6 is 0 Å². The van der Waals surface area contributed by atoms with E-state index in [1.54, 1.807) is 18.2 Å². The van der Waals surface area contributed by atoms with Crippen LogP contribution in [0, 0.1) is 0 Å². The molecule has 0 spiro atoms. The van der Waals surface area contributed by atoms with Crippen LogP contribution in [0.15, 0.2) is 18.2 Å². The van der Waals surface area contributed by atoms with Gasteiger partial charge in [0.25, 0.3) is 5.91 Å². The standard InChI is InChI=1S/C15H22N4O2/c1-2-18-15(21)11-7-6-10(16)9-13(11)19-8-4-3-5-12(19)14(17)20/h6-7,9,12H,2-5,8,16H2,1H3,(H2,17,20)(H,18,21). The Morgan fingerprint density at radius 2 is 2.14 bits per heavy atom. The first-order valence-electron chi connectivity index (χ1n) is 7.28. The highest BCUT2D eigenvalue weighted by molar-refractivity contribution is 6.01. The lowest BCUT2D eigenvalue weighted by atomic mass is 9.98. The third-order valence-electron chi connectivity index (χ3n) is 3.74. The Morgan fingerprint density at radius 1 is 1.38 bits per heavy atom. The lowest BCUT2D eigenvalue weighted by Gasteiger charge is -2.36. The van der Waals surface area contributed by atoms with Crippen LogP contribution in [0.25, 0.3) is 0 Å². The Kier molecular flexibility index (Phi) is 4.67. The van der Waals surface area contributed by atoms with E-state index in [1.165, 1.54) is 0 Å². The number of nitrogens with one attached hydrogen (secondary N) is 1. The second-order valence-corrected chi connectivity index (χ2v) is 5.24. The zero-order chi connectivity index (χ0) is 15.4. The van der Waals surface area contributed by atoms with E-state index in [1.807, 2.05) is 11.8 Å². The quantitative estimate of drug-likeness (QED) is 0.716. The number of benzene rings is 1. The summed E-state index contributed by atoms with van der Waals surface area (Å²) in [5.41, 5.74) is 13.1. The number of anilines is 2. The average Bonchev–Trinajstić information content (AvgIpc) is 2.47. The zero-order valence-electron chi connectivity index (χ0n) is 12.3. The van der Waals surface area contributed by atoms with Crippen LogP contribution in [0.2, 0.25) is 0 Å². The van der Waals surface area contributed by atoms with Crippen LogP contribution < -0.4 is 21.7 Å². The summed E-state index contributed by atoms with van der Waals surface area (Å²) in [4.78, 5) is 25.8. The van der Waals surface area contributed by atoms with Gasteiger partial charge in [0.05, 0.1) is 11.3 Å². The minimum Gasteiger partial charge on any atom is -0.399 e. The molecule has 1 aliphatic heterocycles. The molecule has 6 nitrogen and oxygen atoms in total. The van der Waals surface area contributed by atoms with Gasteiger partial charge in [-0.1, -0.05) is 0 Å². The maximum Gasteiger partial charge on any atom is 0.253 e. The van der Waals surface area contributed by atoms with Crippen molar-refractivity contribution in [2.75, 3.05) is 23.7 Å². The molecular weight excluding hydrogens is 268 g/mol. The van der Waals surface area contributed by atoms with Crippen molar-refractivity contribution in [3.05, 3.63) is 23.8 Å². The monoisotopic (exact) mass is 290 g/mol. The number of primary amides is 1. The van der Waals surface area contributed by atoms with Crippen molar-refractivity contribution in [2.24, 2.45) is 5.73 Å². The number of hydrogen-bond acceptors (Lipinski definition) is 4. The summed E-state index contributed by atoms with van der Waals surface area (Å²) >= 11 is 0. The number of carbonyl (C=O) groups is 2. The van der Waals surface area contributed by atoms with Crippen molar-refractivity contribution < 1.29 is 9.59 Å². The molecule has 0 aliphatic carbocycles. The normalized spacial score (nSPS) is 18.3. The number of nitrogens with two attached hydrogens (primary N) is 2. The van der Waals surface area contributed by atoms with Gasteiger partial charge >= 0.3 is 0 Å². The Labute approximate surface area is 124 Å². The van der Waals surface area contributed by atoms with Gasteiger partial charge in [0.15, 0.2) is 0 Å². The van der Waals surface area contributed by atoms with E-state index in [9.17, 15) is 9.59 Å². The van der Waals surface area contributed by atoms with E-state index in [0.29, 0.717) is 36.4 Å². The Morgan fingerprint density at radius 3 is 2.81 bits per heavy atom. The number of amides is 2. The van der Waals surface area contributed by atoms with E-state index >= 15 is 0 Å². The van der Waals surface area contributed by atoms with Gasteiger partial charge in [0.1, 0.15) is 6.04 Å². The maximum absolute atomic E-state index is 12.2. The van der Waals surface area contributed by atoms with E-state index in [2.05, 4.69) is 5.32 Å². The predicted octanol–water partition coefficient (Wildman–Crippen LogP) is 0.863. The predicted molar refractivity (Wildman–Crippen MR) is 83.0 cm³/mol. The first-order chi connectivity index (χ1) is 10.0. The van der Waals surface area contributed by atoms with Crippen molar-refractivity contribution in [2.45, 2.75) is 32.2 Å². The van der Waals surface area contributed by atoms with E-state index in [4.69, 9.17) is 11.5 Å². The fourth-order valence-corrected chi connectivity index (χ4v) is 2.75. The summed E-state index contributed by atoms with van der Waals surface area (Å²) in [5, 5.41) is 2.78. The van der Waals surface area contributed by atoms with Crippen molar-refractivity contribution in [3.8, 4) is 0 Å². The molecule has 6 heteroatoms. The molecule has 1 unspecified atom stereocenters. The van der Waals surface area contributed by atoms with Crippen LogP contribution in [-0.4, -0.2) is 30.9 Å². The lowest BCUT2D eigenvalue weighted by molar-refractivity contribution is -0.119. The van der Waals surface area contributed by atoms with Crippen molar-refractivity contribution in [1.82, 2.24) is 5.32 Å². The number of carbonyl (C=O) groups excluding carboxylic acids is 2. The third-order valence-corrected chi connectivity index (χ3v) is 3.74. The number of nitrogen functional groups attached to an aromatic ring is 1. The van der Waals surface area contributed by atoms with E-state index in [0.717, 1.165) is 12.8 Å². The Balaban J connectivity index is 2.42. The molecule has 0 radical (unpaired) electrons. The van der Waals surface area contributed by atoms with E-state index < -0.39 is 0 Å². The molecule has 1 aliphatic rings. The molecule has 5 N–H and O–H groups in total. The first kappa shape index (κ1) is 15.2. The van der Waals surface area contributed by atoms with Gasteiger partial charge in [-0.3, -0.25) is 9.59 Å². The third kappa shape index (κ3) is 3.26. The molecule has 1 atom stereocenters. The van der Waals surface area contributed by atoms with Gasteiger partial charge in [-0.05, 0) is 44.4 Å². The van der Waals surface area contributed by atoms with Gasteiger partial charge in [-0.25, -0.2) is 0 Å². The molecule has 2 rings (SSSR count). The summed E-state index contributed by atoms with van der Waals surface area (Å²) in [7, 11) is 0. The van der Waals surface area contributed by atoms with Crippen LogP contribution in [-0.2, 0) is 4.79 Å². The summed E-state index contributed by atoms with van der Waals surface area (Å²) < 4.78 is 0. The molecule has 0 aromatic heterocycles. The minimum absolute atomic E-state index is 0.165. The highest BCUT2D eigenvalue weighted by Crippen LogP contribution is 2.30. The van der Waals surface area contributed by atoms with Crippen molar-refractivity contribution in [1.29, 1.82) is 0 Å². The number of piperidine rings is 1. The molecule has 1 saturated heterocycles. The fraction of sp³-hybridized carbons (Fsp3) is 0.467. The first-order valence-corrected chi connectivity index (χ1v) is 7.28. The molecule has 21 heavy (non-hydrogen) atoms. The minimum atomic E-state index is -0.381. The second-order valence-electron chi connectivity index (χ2n) is 5.24. The fourth-order valence-electron chi connectivity index (χ4n) is 2.75. The van der Waals surface area contributed by atoms with Gasteiger partial charge in [-0.15, -0.1) is 0 Å². The Hall–Kier alpha value is -2.24. The lowest BCUT2D eigenvalue weighted by Crippen LogP contribution is -2.48. The molecule has 0 bridgehead atoms. The molecule has 1 heterocycles. The van der Waals surface area contributed by atoms with Gasteiger partial charge in [-0.2, -0.15) is 0 Å². The highest BCUT2D eigenvalue weighted by atomic mass is 16.2. The summed E-state index contributed by atoms with van der Waals surface area (Å²) in [5.74, 6) is -0.528. The summed E-state index contributed by atoms with van der Waals surface area (Å²) in [6, 6.07) is 4.75. The van der Waals surface area contributed by atoms with Crippen molar-refractivity contribution >= 4 is 23.2 Å².